The summed E-state index contributed by atoms with van der Waals surface area (Å²) in [7, 11) is 0. The number of nitriles is 1. The smallest absolute Gasteiger partial charge is 0.141 e. The quantitative estimate of drug-likeness (QED) is 0.790. The summed E-state index contributed by atoms with van der Waals surface area (Å²) in [4.78, 5) is 8.88. The van der Waals surface area contributed by atoms with Crippen LogP contribution in [0.5, 0.6) is 0 Å². The van der Waals surface area contributed by atoms with Crippen molar-refractivity contribution in [1.29, 1.82) is 5.26 Å². The first-order valence-electron chi connectivity index (χ1n) is 5.55. The van der Waals surface area contributed by atoms with Crippen LogP contribution < -0.4 is 0 Å². The second kappa shape index (κ2) is 4.38. The van der Waals surface area contributed by atoms with Crippen molar-refractivity contribution in [2.75, 3.05) is 0 Å². The van der Waals surface area contributed by atoms with Crippen LogP contribution in [-0.2, 0) is 0 Å². The van der Waals surface area contributed by atoms with E-state index in [1.54, 1.807) is 10.6 Å². The van der Waals surface area contributed by atoms with Gasteiger partial charge in [0.2, 0.25) is 0 Å². The molecule has 0 aliphatic heterocycles. The number of aryl methyl sites for hydroxylation is 1. The summed E-state index contributed by atoms with van der Waals surface area (Å²) in [6, 6.07) is 7.64. The van der Waals surface area contributed by atoms with Gasteiger partial charge in [-0.05, 0) is 19.1 Å². The number of hydrogen-bond acceptors (Lipinski definition) is 3. The molecule has 0 bridgehead atoms. The summed E-state index contributed by atoms with van der Waals surface area (Å²) in [6.45, 7) is 6.05. The maximum Gasteiger partial charge on any atom is 0.141 e. The lowest BCUT2D eigenvalue weighted by Crippen LogP contribution is -2.06. The Morgan fingerprint density at radius 1 is 1.35 bits per heavy atom. The molecule has 0 atom stereocenters. The molecule has 4 nitrogen and oxygen atoms in total. The van der Waals surface area contributed by atoms with Crippen LogP contribution in [0.15, 0.2) is 24.4 Å². The molecule has 2 rings (SSSR count). The molecule has 0 unspecified atom stereocenters. The maximum absolute atomic E-state index is 9.00. The van der Waals surface area contributed by atoms with Gasteiger partial charge in [0.15, 0.2) is 0 Å². The van der Waals surface area contributed by atoms with Crippen molar-refractivity contribution < 1.29 is 0 Å². The Bertz CT molecular complexity index is 575. The largest absolute Gasteiger partial charge is 0.292 e. The van der Waals surface area contributed by atoms with Gasteiger partial charge in [0, 0.05) is 23.9 Å². The van der Waals surface area contributed by atoms with Crippen molar-refractivity contribution in [3.63, 3.8) is 0 Å². The third-order valence-electron chi connectivity index (χ3n) is 2.48. The lowest BCUT2D eigenvalue weighted by Gasteiger charge is -2.09. The molecule has 0 amide bonds. The van der Waals surface area contributed by atoms with Gasteiger partial charge in [-0.2, -0.15) is 5.26 Å². The first-order chi connectivity index (χ1) is 8.11. The highest BCUT2D eigenvalue weighted by Crippen LogP contribution is 2.15. The molecular weight excluding hydrogens is 212 g/mol. The van der Waals surface area contributed by atoms with Gasteiger partial charge in [0.25, 0.3) is 0 Å². The van der Waals surface area contributed by atoms with E-state index < -0.39 is 0 Å². The zero-order chi connectivity index (χ0) is 12.4. The van der Waals surface area contributed by atoms with Gasteiger partial charge >= 0.3 is 0 Å². The molecular formula is C13H14N4. The van der Waals surface area contributed by atoms with Crippen molar-refractivity contribution >= 4 is 0 Å². The Balaban J connectivity index is 2.57. The minimum absolute atomic E-state index is 0.273. The predicted molar refractivity (Wildman–Crippen MR) is 64.9 cm³/mol. The zero-order valence-electron chi connectivity index (χ0n) is 10.2. The van der Waals surface area contributed by atoms with Gasteiger partial charge in [-0.1, -0.05) is 13.8 Å². The third kappa shape index (κ3) is 2.18. The fourth-order valence-corrected chi connectivity index (χ4v) is 1.63. The summed E-state index contributed by atoms with van der Waals surface area (Å²) in [6.07, 6.45) is 1.84. The summed E-state index contributed by atoms with van der Waals surface area (Å²) < 4.78 is 1.78. The number of hydrogen-bond donors (Lipinski definition) is 0. The van der Waals surface area contributed by atoms with Crippen LogP contribution in [0.2, 0.25) is 0 Å². The van der Waals surface area contributed by atoms with Crippen molar-refractivity contribution in [2.24, 2.45) is 0 Å². The van der Waals surface area contributed by atoms with E-state index in [1.165, 1.54) is 0 Å². The molecule has 2 heterocycles. The lowest BCUT2D eigenvalue weighted by atomic mass is 10.2. The molecule has 86 valence electrons. The van der Waals surface area contributed by atoms with Crippen LogP contribution in [0.4, 0.5) is 0 Å². The molecule has 0 spiro atoms. The van der Waals surface area contributed by atoms with Crippen LogP contribution in [0.25, 0.3) is 5.82 Å². The van der Waals surface area contributed by atoms with Crippen molar-refractivity contribution in [3.05, 3.63) is 41.6 Å². The standard InChI is InChI=1S/C13H14N4/c1-9(2)13-15-10(3)7-12(16-13)17-6-4-5-11(17)8-14/h4-7,9H,1-3H3. The predicted octanol–water partition coefficient (Wildman–Crippen LogP) is 2.57. The molecule has 0 aromatic carbocycles. The van der Waals surface area contributed by atoms with Crippen molar-refractivity contribution in [1.82, 2.24) is 14.5 Å². The van der Waals surface area contributed by atoms with Gasteiger partial charge < -0.3 is 0 Å². The fourth-order valence-electron chi connectivity index (χ4n) is 1.63. The second-order valence-electron chi connectivity index (χ2n) is 4.26. The Kier molecular flexibility index (Phi) is 2.92. The van der Waals surface area contributed by atoms with Crippen molar-refractivity contribution in [2.45, 2.75) is 26.7 Å². The third-order valence-corrected chi connectivity index (χ3v) is 2.48. The highest BCUT2D eigenvalue weighted by atomic mass is 15.1. The topological polar surface area (TPSA) is 54.5 Å². The molecule has 0 radical (unpaired) electrons. The maximum atomic E-state index is 9.00. The van der Waals surface area contributed by atoms with E-state index in [1.807, 2.05) is 25.3 Å². The van der Waals surface area contributed by atoms with E-state index in [0.717, 1.165) is 17.3 Å². The number of rotatable bonds is 2. The Morgan fingerprint density at radius 2 is 2.12 bits per heavy atom. The molecule has 2 aromatic rings. The number of aromatic nitrogens is 3. The fraction of sp³-hybridized carbons (Fsp3) is 0.308. The molecule has 0 saturated carbocycles. The molecule has 4 heteroatoms. The molecule has 17 heavy (non-hydrogen) atoms. The average molecular weight is 226 g/mol. The van der Waals surface area contributed by atoms with E-state index in [0.29, 0.717) is 5.69 Å². The normalized spacial score (nSPS) is 10.5. The van der Waals surface area contributed by atoms with E-state index >= 15 is 0 Å². The SMILES string of the molecule is Cc1cc(-n2cccc2C#N)nc(C(C)C)n1. The van der Waals surface area contributed by atoms with E-state index in [9.17, 15) is 0 Å². The van der Waals surface area contributed by atoms with Gasteiger partial charge in [-0.15, -0.1) is 0 Å². The zero-order valence-corrected chi connectivity index (χ0v) is 10.2. The summed E-state index contributed by atoms with van der Waals surface area (Å²) in [5.74, 6) is 1.83. The molecule has 0 saturated heterocycles. The summed E-state index contributed by atoms with van der Waals surface area (Å²) in [5, 5.41) is 9.00. The number of nitrogens with zero attached hydrogens (tertiary/aromatic N) is 4. The Morgan fingerprint density at radius 3 is 2.76 bits per heavy atom. The summed E-state index contributed by atoms with van der Waals surface area (Å²) >= 11 is 0. The first kappa shape index (κ1) is 11.3. The highest BCUT2D eigenvalue weighted by Gasteiger charge is 2.09. The van der Waals surface area contributed by atoms with Gasteiger partial charge in [-0.25, -0.2) is 9.97 Å². The van der Waals surface area contributed by atoms with E-state index in [4.69, 9.17) is 5.26 Å². The highest BCUT2D eigenvalue weighted by molar-refractivity contribution is 5.35. The minimum atomic E-state index is 0.273. The Labute approximate surface area is 101 Å². The van der Waals surface area contributed by atoms with Gasteiger partial charge in [0.1, 0.15) is 23.4 Å². The van der Waals surface area contributed by atoms with Crippen LogP contribution in [-0.4, -0.2) is 14.5 Å². The van der Waals surface area contributed by atoms with E-state index in [-0.39, 0.29) is 5.92 Å². The second-order valence-corrected chi connectivity index (χ2v) is 4.26. The van der Waals surface area contributed by atoms with E-state index in [2.05, 4.69) is 29.9 Å². The lowest BCUT2D eigenvalue weighted by molar-refractivity contribution is 0.754. The minimum Gasteiger partial charge on any atom is -0.292 e. The average Bonchev–Trinajstić information content (AvgIpc) is 2.76. The monoisotopic (exact) mass is 226 g/mol. The molecule has 0 aliphatic carbocycles. The molecule has 0 N–H and O–H groups in total. The Hall–Kier alpha value is -2.15. The molecule has 0 fully saturated rings. The first-order valence-corrected chi connectivity index (χ1v) is 5.55. The van der Waals surface area contributed by atoms with Crippen LogP contribution in [0.1, 0.15) is 37.0 Å². The summed E-state index contributed by atoms with van der Waals surface area (Å²) in [5.41, 5.74) is 1.49. The van der Waals surface area contributed by atoms with Gasteiger partial charge in [-0.3, -0.25) is 4.57 Å². The van der Waals surface area contributed by atoms with Crippen LogP contribution in [0, 0.1) is 18.3 Å². The van der Waals surface area contributed by atoms with Crippen LogP contribution in [0.3, 0.4) is 0 Å². The van der Waals surface area contributed by atoms with Crippen LogP contribution >= 0.6 is 0 Å². The molecule has 0 aliphatic rings. The molecule has 2 aromatic heterocycles. The van der Waals surface area contributed by atoms with Gasteiger partial charge in [0.05, 0.1) is 0 Å². The van der Waals surface area contributed by atoms with Crippen molar-refractivity contribution in [3.8, 4) is 11.9 Å².